The van der Waals surface area contributed by atoms with Gasteiger partial charge in [-0.2, -0.15) is 4.40 Å². The molecule has 0 aliphatic rings. The van der Waals surface area contributed by atoms with E-state index in [2.05, 4.69) is 78.3 Å². The third-order valence-electron chi connectivity index (χ3n) is 3.83. The highest BCUT2D eigenvalue weighted by atomic mass is 15.1. The first-order chi connectivity index (χ1) is 9.65. The summed E-state index contributed by atoms with van der Waals surface area (Å²) in [5.41, 5.74) is 3.62. The van der Waals surface area contributed by atoms with Gasteiger partial charge in [-0.3, -0.25) is 0 Å². The normalized spacial score (nSPS) is 13.6. The number of nitrogens with zero attached hydrogens (tertiary/aromatic N) is 2. The molecule has 0 N–H and O–H groups in total. The number of rotatable bonds is 1. The van der Waals surface area contributed by atoms with Crippen molar-refractivity contribution >= 4 is 28.7 Å². The van der Waals surface area contributed by atoms with Crippen molar-refractivity contribution in [3.8, 4) is 0 Å². The van der Waals surface area contributed by atoms with Crippen molar-refractivity contribution in [1.29, 1.82) is 0 Å². The fourth-order valence-corrected chi connectivity index (χ4v) is 2.93. The predicted octanol–water partition coefficient (Wildman–Crippen LogP) is 2.07. The average molecular weight is 263 g/mol. The molecule has 0 atom stereocenters. The SMILES string of the molecule is C=c1/c(=C(C)\C=C/C)c2n(cc[n+]2C)c2ccccc12. The molecule has 20 heavy (non-hydrogen) atoms. The Labute approximate surface area is 118 Å². The van der Waals surface area contributed by atoms with Crippen LogP contribution in [0.3, 0.4) is 0 Å². The Balaban J connectivity index is 2.75. The summed E-state index contributed by atoms with van der Waals surface area (Å²) in [5.74, 6) is 0. The molecule has 0 fully saturated rings. The number of benzene rings is 1. The van der Waals surface area contributed by atoms with Gasteiger partial charge in [0.05, 0.1) is 12.3 Å². The van der Waals surface area contributed by atoms with Crippen LogP contribution in [0, 0.1) is 0 Å². The molecule has 0 aliphatic carbocycles. The van der Waals surface area contributed by atoms with Crippen molar-refractivity contribution in [3.05, 3.63) is 59.2 Å². The first kappa shape index (κ1) is 12.7. The topological polar surface area (TPSA) is 8.29 Å². The Hall–Kier alpha value is -2.35. The number of hydrogen-bond acceptors (Lipinski definition) is 0. The fraction of sp³-hybridized carbons (Fsp3) is 0.167. The summed E-state index contributed by atoms with van der Waals surface area (Å²) in [5, 5.41) is 3.52. The Morgan fingerprint density at radius 3 is 2.80 bits per heavy atom. The zero-order valence-electron chi connectivity index (χ0n) is 12.2. The Bertz CT molecular complexity index is 943. The van der Waals surface area contributed by atoms with Crippen molar-refractivity contribution < 1.29 is 4.57 Å². The summed E-state index contributed by atoms with van der Waals surface area (Å²) >= 11 is 0. The Morgan fingerprint density at radius 1 is 1.30 bits per heavy atom. The molecule has 3 rings (SSSR count). The lowest BCUT2D eigenvalue weighted by Gasteiger charge is -2.02. The van der Waals surface area contributed by atoms with E-state index in [9.17, 15) is 0 Å². The number of imidazole rings is 1. The minimum atomic E-state index is 1.10. The van der Waals surface area contributed by atoms with Gasteiger partial charge in [0.1, 0.15) is 17.9 Å². The van der Waals surface area contributed by atoms with Crippen LogP contribution in [0.1, 0.15) is 13.8 Å². The van der Waals surface area contributed by atoms with Crippen molar-refractivity contribution in [3.63, 3.8) is 0 Å². The van der Waals surface area contributed by atoms with E-state index in [0.717, 1.165) is 5.22 Å². The molecule has 3 aromatic rings. The molecule has 0 amide bonds. The van der Waals surface area contributed by atoms with Crippen LogP contribution in [-0.2, 0) is 7.05 Å². The first-order valence-corrected chi connectivity index (χ1v) is 6.85. The lowest BCUT2D eigenvalue weighted by atomic mass is 10.1. The van der Waals surface area contributed by atoms with Crippen LogP contribution < -0.4 is 15.0 Å². The molecular weight excluding hydrogens is 244 g/mol. The number of hydrogen-bond donors (Lipinski definition) is 0. The highest BCUT2D eigenvalue weighted by Gasteiger charge is 2.14. The standard InChI is InChI=1S/C18H19N2/c1-5-8-13(2)17-14(3)15-9-6-7-10-16(15)20-12-11-19(4)18(17)20/h5-12H,3H2,1-2,4H3/q+1/b8-5-,17-13+. The van der Waals surface area contributed by atoms with Gasteiger partial charge in [0, 0.05) is 5.39 Å². The maximum Gasteiger partial charge on any atom is 0.294 e. The van der Waals surface area contributed by atoms with Crippen molar-refractivity contribution in [2.75, 3.05) is 0 Å². The van der Waals surface area contributed by atoms with E-state index in [0.29, 0.717) is 0 Å². The van der Waals surface area contributed by atoms with Crippen molar-refractivity contribution in [2.24, 2.45) is 7.05 Å². The predicted molar refractivity (Wildman–Crippen MR) is 84.7 cm³/mol. The molecule has 2 aromatic heterocycles. The summed E-state index contributed by atoms with van der Waals surface area (Å²) in [7, 11) is 2.08. The maximum absolute atomic E-state index is 4.34. The second-order valence-electron chi connectivity index (χ2n) is 5.16. The largest absolute Gasteiger partial charge is 0.294 e. The van der Waals surface area contributed by atoms with Crippen LogP contribution in [0.4, 0.5) is 0 Å². The molecule has 0 unspecified atom stereocenters. The number of pyridine rings is 1. The highest BCUT2D eigenvalue weighted by molar-refractivity contribution is 5.83. The summed E-state index contributed by atoms with van der Waals surface area (Å²) in [6, 6.07) is 8.43. The minimum absolute atomic E-state index is 1.10. The van der Waals surface area contributed by atoms with E-state index < -0.39 is 0 Å². The van der Waals surface area contributed by atoms with E-state index in [1.165, 1.54) is 27.3 Å². The van der Waals surface area contributed by atoms with E-state index in [-0.39, 0.29) is 0 Å². The molecule has 0 aliphatic heterocycles. The van der Waals surface area contributed by atoms with Crippen LogP contribution in [-0.4, -0.2) is 4.40 Å². The molecule has 0 saturated heterocycles. The molecule has 0 radical (unpaired) electrons. The lowest BCUT2D eigenvalue weighted by Crippen LogP contribution is -2.39. The summed E-state index contributed by atoms with van der Waals surface area (Å²) in [4.78, 5) is 0. The molecule has 2 nitrogen and oxygen atoms in total. The second-order valence-corrected chi connectivity index (χ2v) is 5.16. The van der Waals surface area contributed by atoms with E-state index in [1.807, 2.05) is 6.92 Å². The molecule has 2 heterocycles. The third-order valence-corrected chi connectivity index (χ3v) is 3.83. The van der Waals surface area contributed by atoms with Gasteiger partial charge in [-0.15, -0.1) is 0 Å². The van der Waals surface area contributed by atoms with Gasteiger partial charge < -0.3 is 0 Å². The molecule has 0 bridgehead atoms. The number of allylic oxidation sites excluding steroid dienone is 2. The number of aromatic nitrogens is 2. The van der Waals surface area contributed by atoms with Gasteiger partial charge in [0.2, 0.25) is 0 Å². The van der Waals surface area contributed by atoms with Crippen LogP contribution in [0.25, 0.3) is 28.7 Å². The van der Waals surface area contributed by atoms with Crippen molar-refractivity contribution in [1.82, 2.24) is 4.40 Å². The van der Waals surface area contributed by atoms with Gasteiger partial charge in [-0.25, -0.2) is 4.57 Å². The monoisotopic (exact) mass is 263 g/mol. The zero-order chi connectivity index (χ0) is 14.3. The first-order valence-electron chi connectivity index (χ1n) is 6.85. The molecular formula is C18H19N2+. The van der Waals surface area contributed by atoms with Gasteiger partial charge in [0.15, 0.2) is 0 Å². The number of aryl methyl sites for hydroxylation is 1. The van der Waals surface area contributed by atoms with E-state index >= 15 is 0 Å². The lowest BCUT2D eigenvalue weighted by molar-refractivity contribution is -0.644. The molecule has 1 aromatic carbocycles. The number of para-hydroxylation sites is 1. The van der Waals surface area contributed by atoms with E-state index in [1.54, 1.807) is 0 Å². The van der Waals surface area contributed by atoms with Crippen LogP contribution in [0.15, 0.2) is 48.8 Å². The quantitative estimate of drug-likeness (QED) is 0.594. The van der Waals surface area contributed by atoms with Crippen LogP contribution in [0.5, 0.6) is 0 Å². The van der Waals surface area contributed by atoms with Crippen LogP contribution >= 0.6 is 0 Å². The van der Waals surface area contributed by atoms with Gasteiger partial charge in [-0.05, 0) is 30.7 Å². The summed E-state index contributed by atoms with van der Waals surface area (Å²) in [6.45, 7) is 8.53. The fourth-order valence-electron chi connectivity index (χ4n) is 2.93. The second kappa shape index (κ2) is 4.64. The minimum Gasteiger partial charge on any atom is -0.232 e. The summed E-state index contributed by atoms with van der Waals surface area (Å²) < 4.78 is 4.40. The number of fused-ring (bicyclic) bond motifs is 3. The molecule has 0 saturated carbocycles. The Kier molecular flexibility index (Phi) is 2.94. The zero-order valence-corrected chi connectivity index (χ0v) is 12.2. The maximum atomic E-state index is 4.34. The smallest absolute Gasteiger partial charge is 0.232 e. The third kappa shape index (κ3) is 1.68. The van der Waals surface area contributed by atoms with Crippen LogP contribution in [0.2, 0.25) is 0 Å². The van der Waals surface area contributed by atoms with Crippen molar-refractivity contribution in [2.45, 2.75) is 13.8 Å². The van der Waals surface area contributed by atoms with E-state index in [4.69, 9.17) is 0 Å². The van der Waals surface area contributed by atoms with Gasteiger partial charge in [-0.1, -0.05) is 36.9 Å². The molecule has 0 spiro atoms. The Morgan fingerprint density at radius 2 is 2.05 bits per heavy atom. The molecule has 2 heteroatoms. The average Bonchev–Trinajstić information content (AvgIpc) is 2.82. The van der Waals surface area contributed by atoms with Gasteiger partial charge in [0.25, 0.3) is 5.65 Å². The molecule has 100 valence electrons. The van der Waals surface area contributed by atoms with Gasteiger partial charge >= 0.3 is 0 Å². The summed E-state index contributed by atoms with van der Waals surface area (Å²) in [6.07, 6.45) is 8.42. The highest BCUT2D eigenvalue weighted by Crippen LogP contribution is 2.09.